The zero-order chi connectivity index (χ0) is 14.4. The van der Waals surface area contributed by atoms with Crippen LogP contribution in [0.5, 0.6) is 11.5 Å². The summed E-state index contributed by atoms with van der Waals surface area (Å²) in [6.07, 6.45) is 1.54. The Labute approximate surface area is 132 Å². The summed E-state index contributed by atoms with van der Waals surface area (Å²) in [6, 6.07) is 3.49. The standard InChI is InChI=1S/C16H17NO4.2H2O/c18-9-2-1-8-7-11-16(20)4-3-10(19)14-15(16,5-6-17-11)12(8)13(9)21-14;;/h1-2,11,14,17-18,20H,3-7H2;2*1H2/t11-,14+,15+,16-;;/m1../s1. The van der Waals surface area contributed by atoms with E-state index in [2.05, 4.69) is 5.32 Å². The van der Waals surface area contributed by atoms with Gasteiger partial charge < -0.3 is 31.2 Å². The van der Waals surface area contributed by atoms with Gasteiger partial charge in [-0.1, -0.05) is 6.07 Å². The van der Waals surface area contributed by atoms with Crippen molar-refractivity contribution in [2.24, 2.45) is 0 Å². The Morgan fingerprint density at radius 2 is 2.04 bits per heavy atom. The van der Waals surface area contributed by atoms with Gasteiger partial charge >= 0.3 is 0 Å². The normalized spacial score (nSPS) is 38.7. The molecule has 2 fully saturated rings. The average Bonchev–Trinajstić information content (AvgIpc) is 2.80. The second-order valence-corrected chi connectivity index (χ2v) is 6.77. The van der Waals surface area contributed by atoms with Crippen LogP contribution >= 0.6 is 0 Å². The summed E-state index contributed by atoms with van der Waals surface area (Å²) in [4.78, 5) is 12.4. The molecule has 7 nitrogen and oxygen atoms in total. The molecule has 23 heavy (non-hydrogen) atoms. The SMILES string of the molecule is O.O.O=C1CC[C@@]2(O)[C@H]3Cc4ccc(O)c5c4[C@@]2(CCN3)[C@H]1O5. The Kier molecular flexibility index (Phi) is 3.29. The number of carbonyl (C=O) groups is 1. The van der Waals surface area contributed by atoms with Gasteiger partial charge in [-0.3, -0.25) is 4.79 Å². The lowest BCUT2D eigenvalue weighted by Gasteiger charge is -2.59. The lowest BCUT2D eigenvalue weighted by Crippen LogP contribution is -2.76. The van der Waals surface area contributed by atoms with Gasteiger partial charge in [-0.2, -0.15) is 0 Å². The van der Waals surface area contributed by atoms with Crippen molar-refractivity contribution in [3.8, 4) is 11.5 Å². The van der Waals surface area contributed by atoms with Gasteiger partial charge in [0.05, 0.1) is 11.0 Å². The quantitative estimate of drug-likeness (QED) is 0.547. The number of aromatic hydroxyl groups is 1. The number of carbonyl (C=O) groups excluding carboxylic acids is 1. The molecule has 2 aliphatic heterocycles. The second-order valence-electron chi connectivity index (χ2n) is 6.77. The molecule has 0 unspecified atom stereocenters. The van der Waals surface area contributed by atoms with E-state index in [1.165, 1.54) is 0 Å². The predicted octanol–water partition coefficient (Wildman–Crippen LogP) is -1.25. The van der Waals surface area contributed by atoms with Gasteiger partial charge in [-0.05, 0) is 37.4 Å². The molecule has 4 aliphatic rings. The van der Waals surface area contributed by atoms with E-state index in [1.807, 2.05) is 6.07 Å². The number of aliphatic hydroxyl groups is 1. The maximum atomic E-state index is 12.4. The molecule has 0 radical (unpaired) electrons. The first-order valence-electron chi connectivity index (χ1n) is 7.58. The fourth-order valence-corrected chi connectivity index (χ4v) is 5.22. The van der Waals surface area contributed by atoms with Crippen molar-refractivity contribution < 1.29 is 30.7 Å². The summed E-state index contributed by atoms with van der Waals surface area (Å²) in [6.45, 7) is 0.759. The predicted molar refractivity (Wildman–Crippen MR) is 80.7 cm³/mol. The Morgan fingerprint density at radius 1 is 1.26 bits per heavy atom. The Hall–Kier alpha value is -1.67. The molecule has 2 bridgehead atoms. The van der Waals surface area contributed by atoms with Crippen molar-refractivity contribution in [3.05, 3.63) is 23.3 Å². The van der Waals surface area contributed by atoms with Gasteiger partial charge in [0.15, 0.2) is 23.4 Å². The second kappa shape index (κ2) is 4.67. The Balaban J connectivity index is 0.000000781. The molecule has 126 valence electrons. The monoisotopic (exact) mass is 323 g/mol. The van der Waals surface area contributed by atoms with E-state index >= 15 is 0 Å². The summed E-state index contributed by atoms with van der Waals surface area (Å²) in [5, 5.41) is 25.0. The van der Waals surface area contributed by atoms with E-state index in [1.54, 1.807) is 6.07 Å². The Bertz CT molecular complexity index is 691. The van der Waals surface area contributed by atoms with Crippen LogP contribution in [0.15, 0.2) is 12.1 Å². The maximum absolute atomic E-state index is 12.4. The van der Waals surface area contributed by atoms with Crippen molar-refractivity contribution >= 4 is 5.78 Å². The number of Topliss-reactive ketones (excluding diaryl/α,β-unsaturated/α-hetero) is 1. The third kappa shape index (κ3) is 1.51. The van der Waals surface area contributed by atoms with Crippen molar-refractivity contribution in [1.82, 2.24) is 5.32 Å². The molecule has 2 aliphatic carbocycles. The number of hydrogen-bond acceptors (Lipinski definition) is 5. The van der Waals surface area contributed by atoms with Crippen LogP contribution in [0.1, 0.15) is 30.4 Å². The highest BCUT2D eigenvalue weighted by Gasteiger charge is 2.71. The lowest BCUT2D eigenvalue weighted by atomic mass is 9.49. The molecular formula is C16H21NO6. The summed E-state index contributed by atoms with van der Waals surface area (Å²) < 4.78 is 5.90. The van der Waals surface area contributed by atoms with Crippen LogP contribution in [0.4, 0.5) is 0 Å². The zero-order valence-electron chi connectivity index (χ0n) is 12.6. The molecule has 1 aromatic rings. The first kappa shape index (κ1) is 16.2. The molecular weight excluding hydrogens is 302 g/mol. The number of hydrogen-bond donors (Lipinski definition) is 3. The van der Waals surface area contributed by atoms with Gasteiger partial charge in [0.2, 0.25) is 0 Å². The molecule has 0 aromatic heterocycles. The van der Waals surface area contributed by atoms with E-state index in [0.29, 0.717) is 31.4 Å². The summed E-state index contributed by atoms with van der Waals surface area (Å²) in [5.74, 6) is 0.542. The maximum Gasteiger partial charge on any atom is 0.174 e. The zero-order valence-corrected chi connectivity index (χ0v) is 12.6. The minimum Gasteiger partial charge on any atom is -0.504 e. The van der Waals surface area contributed by atoms with Crippen LogP contribution in [-0.2, 0) is 16.6 Å². The molecule has 1 aromatic carbocycles. The molecule has 1 spiro atoms. The molecule has 5 rings (SSSR count). The number of nitrogens with one attached hydrogen (secondary N) is 1. The summed E-state index contributed by atoms with van der Waals surface area (Å²) in [5.41, 5.74) is 0.332. The molecule has 4 atom stereocenters. The smallest absolute Gasteiger partial charge is 0.174 e. The minimum atomic E-state index is -0.962. The number of piperidine rings is 1. The molecule has 7 heteroatoms. The van der Waals surface area contributed by atoms with Crippen LogP contribution in [-0.4, -0.2) is 51.2 Å². The first-order valence-corrected chi connectivity index (χ1v) is 7.58. The van der Waals surface area contributed by atoms with Crippen molar-refractivity contribution in [2.45, 2.75) is 48.8 Å². The molecule has 7 N–H and O–H groups in total. The third-order valence-corrected chi connectivity index (χ3v) is 6.08. The number of phenols is 1. The highest BCUT2D eigenvalue weighted by Crippen LogP contribution is 2.63. The van der Waals surface area contributed by atoms with Crippen LogP contribution in [0.2, 0.25) is 0 Å². The van der Waals surface area contributed by atoms with E-state index in [9.17, 15) is 15.0 Å². The highest BCUT2D eigenvalue weighted by molar-refractivity contribution is 5.90. The average molecular weight is 323 g/mol. The largest absolute Gasteiger partial charge is 0.504 e. The Morgan fingerprint density at radius 3 is 2.83 bits per heavy atom. The number of benzene rings is 1. The van der Waals surface area contributed by atoms with Gasteiger partial charge in [0.25, 0.3) is 0 Å². The van der Waals surface area contributed by atoms with Gasteiger partial charge in [-0.15, -0.1) is 0 Å². The first-order chi connectivity index (χ1) is 10.1. The van der Waals surface area contributed by atoms with Gasteiger partial charge in [-0.25, -0.2) is 0 Å². The third-order valence-electron chi connectivity index (χ3n) is 6.08. The van der Waals surface area contributed by atoms with Gasteiger partial charge in [0, 0.05) is 18.0 Å². The van der Waals surface area contributed by atoms with Crippen LogP contribution in [0.25, 0.3) is 0 Å². The number of ether oxygens (including phenoxy) is 1. The molecule has 1 saturated heterocycles. The van der Waals surface area contributed by atoms with Crippen LogP contribution < -0.4 is 10.1 Å². The minimum absolute atomic E-state index is 0. The van der Waals surface area contributed by atoms with Crippen LogP contribution in [0, 0.1) is 0 Å². The molecule has 2 heterocycles. The van der Waals surface area contributed by atoms with Crippen molar-refractivity contribution in [1.29, 1.82) is 0 Å². The van der Waals surface area contributed by atoms with Crippen LogP contribution in [0.3, 0.4) is 0 Å². The number of rotatable bonds is 0. The molecule has 0 amide bonds. The lowest BCUT2D eigenvalue weighted by molar-refractivity contribution is -0.166. The fraction of sp³-hybridized carbons (Fsp3) is 0.562. The topological polar surface area (TPSA) is 142 Å². The fourth-order valence-electron chi connectivity index (χ4n) is 5.22. The number of phenolic OH excluding ortho intramolecular Hbond substituents is 1. The van der Waals surface area contributed by atoms with E-state index in [0.717, 1.165) is 17.7 Å². The van der Waals surface area contributed by atoms with Crippen molar-refractivity contribution in [2.75, 3.05) is 6.54 Å². The van der Waals surface area contributed by atoms with Crippen molar-refractivity contribution in [3.63, 3.8) is 0 Å². The van der Waals surface area contributed by atoms with E-state index in [-0.39, 0.29) is 28.5 Å². The van der Waals surface area contributed by atoms with Gasteiger partial charge in [0.1, 0.15) is 0 Å². The number of ketones is 1. The molecule has 1 saturated carbocycles. The summed E-state index contributed by atoms with van der Waals surface area (Å²) >= 11 is 0. The summed E-state index contributed by atoms with van der Waals surface area (Å²) in [7, 11) is 0. The van der Waals surface area contributed by atoms with E-state index in [4.69, 9.17) is 4.74 Å². The highest BCUT2D eigenvalue weighted by atomic mass is 16.5. The van der Waals surface area contributed by atoms with E-state index < -0.39 is 17.1 Å².